The lowest BCUT2D eigenvalue weighted by molar-refractivity contribution is -0.161. The summed E-state index contributed by atoms with van der Waals surface area (Å²) >= 11 is 0. The van der Waals surface area contributed by atoms with Gasteiger partial charge in [0.25, 0.3) is 0 Å². The molecule has 0 fully saturated rings. The van der Waals surface area contributed by atoms with E-state index in [1.165, 1.54) is 0 Å². The van der Waals surface area contributed by atoms with Crippen LogP contribution in [0.2, 0.25) is 0 Å². The van der Waals surface area contributed by atoms with E-state index in [-0.39, 0.29) is 18.9 Å². The Kier molecular flexibility index (Phi) is 4.79. The molecule has 1 aromatic heterocycles. The first-order chi connectivity index (χ1) is 15.5. The molecule has 0 spiro atoms. The van der Waals surface area contributed by atoms with Crippen molar-refractivity contribution in [3.05, 3.63) is 95.7 Å². The standard InChI is InChI=1S/C26H22N2O4/c27-26(24(29)30,13-16-14-28-23-12-6-5-7-17(16)23)25(31)32-15-22-20-10-3-1-8-18(20)19-9-2-4-11-21(19)22/h1-12,14,22,28H,13,15,27H2,(H,29,30). The van der Waals surface area contributed by atoms with Crippen molar-refractivity contribution in [1.82, 2.24) is 4.98 Å². The Morgan fingerprint density at radius 3 is 2.19 bits per heavy atom. The number of carbonyl (C=O) groups is 2. The van der Waals surface area contributed by atoms with E-state index in [1.54, 1.807) is 6.20 Å². The van der Waals surface area contributed by atoms with Crippen molar-refractivity contribution in [1.29, 1.82) is 0 Å². The molecule has 5 rings (SSSR count). The molecule has 32 heavy (non-hydrogen) atoms. The number of carboxylic acids is 1. The summed E-state index contributed by atoms with van der Waals surface area (Å²) in [6.07, 6.45) is 1.51. The molecule has 0 saturated carbocycles. The van der Waals surface area contributed by atoms with Gasteiger partial charge in [-0.1, -0.05) is 66.7 Å². The van der Waals surface area contributed by atoms with Crippen LogP contribution in [-0.2, 0) is 20.7 Å². The fourth-order valence-corrected chi connectivity index (χ4v) is 4.54. The monoisotopic (exact) mass is 426 g/mol. The number of benzene rings is 3. The molecule has 0 bridgehead atoms. The molecule has 4 N–H and O–H groups in total. The Hall–Kier alpha value is -3.90. The molecule has 0 aliphatic heterocycles. The maximum absolute atomic E-state index is 13.0. The number of esters is 1. The zero-order valence-corrected chi connectivity index (χ0v) is 17.2. The highest BCUT2D eigenvalue weighted by Crippen LogP contribution is 2.44. The van der Waals surface area contributed by atoms with Crippen molar-refractivity contribution >= 4 is 22.8 Å². The van der Waals surface area contributed by atoms with Crippen LogP contribution in [-0.4, -0.2) is 34.2 Å². The second-order valence-electron chi connectivity index (χ2n) is 8.14. The normalized spacial score (nSPS) is 14.5. The average molecular weight is 426 g/mol. The maximum Gasteiger partial charge on any atom is 0.338 e. The molecule has 0 radical (unpaired) electrons. The van der Waals surface area contributed by atoms with E-state index in [4.69, 9.17) is 10.5 Å². The number of rotatable bonds is 6. The SMILES string of the molecule is NC(Cc1c[nH]c2ccccc12)(C(=O)O)C(=O)OCC1c2ccccc2-c2ccccc21. The lowest BCUT2D eigenvalue weighted by Gasteiger charge is -2.24. The summed E-state index contributed by atoms with van der Waals surface area (Å²) in [6.45, 7) is 0.0208. The fraction of sp³-hybridized carbons (Fsp3) is 0.154. The smallest absolute Gasteiger partial charge is 0.338 e. The summed E-state index contributed by atoms with van der Waals surface area (Å²) in [7, 11) is 0. The van der Waals surface area contributed by atoms with Crippen molar-refractivity contribution in [2.24, 2.45) is 5.73 Å². The first-order valence-electron chi connectivity index (χ1n) is 10.4. The zero-order chi connectivity index (χ0) is 22.3. The molecule has 1 atom stereocenters. The third-order valence-corrected chi connectivity index (χ3v) is 6.23. The number of carboxylic acid groups (broad SMARTS) is 1. The Morgan fingerprint density at radius 2 is 1.53 bits per heavy atom. The van der Waals surface area contributed by atoms with Crippen molar-refractivity contribution in [3.63, 3.8) is 0 Å². The fourth-order valence-electron chi connectivity index (χ4n) is 4.54. The summed E-state index contributed by atoms with van der Waals surface area (Å²) in [4.78, 5) is 28.2. The Morgan fingerprint density at radius 1 is 0.938 bits per heavy atom. The summed E-state index contributed by atoms with van der Waals surface area (Å²) in [5.41, 5.74) is 9.76. The minimum atomic E-state index is -2.19. The molecular formula is C26H22N2O4. The predicted octanol–water partition coefficient (Wildman–Crippen LogP) is 3.85. The van der Waals surface area contributed by atoms with E-state index < -0.39 is 17.5 Å². The summed E-state index contributed by atoms with van der Waals surface area (Å²) < 4.78 is 5.57. The number of nitrogens with two attached hydrogens (primary N) is 1. The van der Waals surface area contributed by atoms with Gasteiger partial charge in [0.05, 0.1) is 0 Å². The van der Waals surface area contributed by atoms with E-state index in [1.807, 2.05) is 72.8 Å². The Labute approximate surface area is 184 Å². The number of aromatic nitrogens is 1. The molecule has 1 aliphatic carbocycles. The van der Waals surface area contributed by atoms with Crippen LogP contribution in [0.15, 0.2) is 79.0 Å². The molecule has 3 aromatic carbocycles. The van der Waals surface area contributed by atoms with Crippen LogP contribution in [0.5, 0.6) is 0 Å². The number of hydrogen-bond acceptors (Lipinski definition) is 4. The topological polar surface area (TPSA) is 105 Å². The van der Waals surface area contributed by atoms with Gasteiger partial charge in [0.2, 0.25) is 5.54 Å². The minimum Gasteiger partial charge on any atom is -0.479 e. The highest BCUT2D eigenvalue weighted by molar-refractivity contribution is 6.04. The van der Waals surface area contributed by atoms with Crippen LogP contribution in [0.25, 0.3) is 22.0 Å². The van der Waals surface area contributed by atoms with Gasteiger partial charge < -0.3 is 20.6 Å². The molecule has 1 unspecified atom stereocenters. The number of nitrogens with one attached hydrogen (secondary N) is 1. The number of hydrogen-bond donors (Lipinski definition) is 3. The van der Waals surface area contributed by atoms with Crippen LogP contribution in [0.4, 0.5) is 0 Å². The molecule has 6 nitrogen and oxygen atoms in total. The molecule has 1 aliphatic rings. The predicted molar refractivity (Wildman–Crippen MR) is 121 cm³/mol. The molecule has 4 aromatic rings. The third-order valence-electron chi connectivity index (χ3n) is 6.23. The third kappa shape index (κ3) is 3.16. The number of fused-ring (bicyclic) bond motifs is 4. The van der Waals surface area contributed by atoms with Crippen LogP contribution >= 0.6 is 0 Å². The first kappa shape index (κ1) is 20.0. The van der Waals surface area contributed by atoms with Gasteiger partial charge in [-0.3, -0.25) is 0 Å². The molecule has 0 saturated heterocycles. The van der Waals surface area contributed by atoms with Crippen LogP contribution in [0.1, 0.15) is 22.6 Å². The summed E-state index contributed by atoms with van der Waals surface area (Å²) in [6, 6.07) is 23.4. The van der Waals surface area contributed by atoms with Crippen molar-refractivity contribution < 1.29 is 19.4 Å². The highest BCUT2D eigenvalue weighted by atomic mass is 16.5. The lowest BCUT2D eigenvalue weighted by Crippen LogP contribution is -2.57. The van der Waals surface area contributed by atoms with Gasteiger partial charge in [-0.2, -0.15) is 0 Å². The quantitative estimate of drug-likeness (QED) is 0.321. The number of para-hydroxylation sites is 1. The van der Waals surface area contributed by atoms with E-state index >= 15 is 0 Å². The van der Waals surface area contributed by atoms with E-state index in [2.05, 4.69) is 4.98 Å². The van der Waals surface area contributed by atoms with Gasteiger partial charge in [0.15, 0.2) is 0 Å². The van der Waals surface area contributed by atoms with Crippen molar-refractivity contribution in [2.45, 2.75) is 17.9 Å². The van der Waals surface area contributed by atoms with E-state index in [0.29, 0.717) is 5.56 Å². The van der Waals surface area contributed by atoms with E-state index in [0.717, 1.165) is 33.2 Å². The highest BCUT2D eigenvalue weighted by Gasteiger charge is 2.45. The number of aromatic amines is 1. The van der Waals surface area contributed by atoms with Gasteiger partial charge in [-0.15, -0.1) is 0 Å². The second kappa shape index (κ2) is 7.66. The first-order valence-corrected chi connectivity index (χ1v) is 10.4. The van der Waals surface area contributed by atoms with Gasteiger partial charge in [-0.25, -0.2) is 9.59 Å². The molecule has 0 amide bonds. The van der Waals surface area contributed by atoms with E-state index in [9.17, 15) is 14.7 Å². The Balaban J connectivity index is 1.40. The largest absolute Gasteiger partial charge is 0.479 e. The summed E-state index contributed by atoms with van der Waals surface area (Å²) in [5.74, 6) is -2.53. The lowest BCUT2D eigenvalue weighted by atomic mass is 9.91. The molecule has 160 valence electrons. The molecule has 1 heterocycles. The van der Waals surface area contributed by atoms with Gasteiger partial charge in [0, 0.05) is 29.4 Å². The average Bonchev–Trinajstić information content (AvgIpc) is 3.36. The molecule has 6 heteroatoms. The van der Waals surface area contributed by atoms with Crippen LogP contribution < -0.4 is 5.73 Å². The number of carbonyl (C=O) groups excluding carboxylic acids is 1. The molecular weight excluding hydrogens is 404 g/mol. The van der Waals surface area contributed by atoms with Gasteiger partial charge in [-0.05, 0) is 33.9 Å². The van der Waals surface area contributed by atoms with Crippen molar-refractivity contribution in [2.75, 3.05) is 6.61 Å². The number of H-pyrrole nitrogens is 1. The van der Waals surface area contributed by atoms with Crippen LogP contribution in [0.3, 0.4) is 0 Å². The van der Waals surface area contributed by atoms with Crippen LogP contribution in [0, 0.1) is 0 Å². The second-order valence-corrected chi connectivity index (χ2v) is 8.14. The number of aliphatic carboxylic acids is 1. The zero-order valence-electron chi connectivity index (χ0n) is 17.2. The van der Waals surface area contributed by atoms with Gasteiger partial charge in [0.1, 0.15) is 6.61 Å². The van der Waals surface area contributed by atoms with Crippen molar-refractivity contribution in [3.8, 4) is 11.1 Å². The van der Waals surface area contributed by atoms with Gasteiger partial charge >= 0.3 is 11.9 Å². The number of ether oxygens (including phenoxy) is 1. The summed E-state index contributed by atoms with van der Waals surface area (Å²) in [5, 5.41) is 10.7. The maximum atomic E-state index is 13.0. The Bertz CT molecular complexity index is 1300. The minimum absolute atomic E-state index is 0.0208.